The fraction of sp³-hybridized carbons (Fsp3) is 0.250. The number of fused-ring (bicyclic) bond motifs is 1. The number of hydrogen-bond acceptors (Lipinski definition) is 7. The van der Waals surface area contributed by atoms with E-state index in [9.17, 15) is 9.59 Å². The van der Waals surface area contributed by atoms with Crippen LogP contribution in [0.1, 0.15) is 18.3 Å². The molecule has 0 bridgehead atoms. The third-order valence-corrected chi connectivity index (χ3v) is 5.75. The third-order valence-electron chi connectivity index (χ3n) is 3.18. The summed E-state index contributed by atoms with van der Waals surface area (Å²) in [5.41, 5.74) is 1.87. The van der Waals surface area contributed by atoms with Crippen molar-refractivity contribution >= 4 is 50.6 Å². The molecule has 130 valence electrons. The highest BCUT2D eigenvalue weighted by atomic mass is 79.9. The van der Waals surface area contributed by atoms with Crippen molar-refractivity contribution in [3.8, 4) is 0 Å². The Bertz CT molecular complexity index is 971. The fourth-order valence-corrected chi connectivity index (χ4v) is 4.21. The van der Waals surface area contributed by atoms with E-state index in [1.54, 1.807) is 19.2 Å². The van der Waals surface area contributed by atoms with Crippen LogP contribution < -0.4 is 5.56 Å². The summed E-state index contributed by atoms with van der Waals surface area (Å²) in [6.45, 7) is 2.14. The van der Waals surface area contributed by atoms with E-state index < -0.39 is 0 Å². The monoisotopic (exact) mass is 439 g/mol. The molecule has 0 aromatic carbocycles. The maximum atomic E-state index is 12.2. The molecule has 0 amide bonds. The number of thiazole rings is 1. The normalized spacial score (nSPS) is 11.0. The molecule has 0 saturated heterocycles. The highest BCUT2D eigenvalue weighted by Crippen LogP contribution is 2.26. The molecule has 25 heavy (non-hydrogen) atoms. The summed E-state index contributed by atoms with van der Waals surface area (Å²) in [6, 6.07) is 5.17. The number of hydrogen-bond donors (Lipinski definition) is 0. The lowest BCUT2D eigenvalue weighted by Gasteiger charge is -2.03. The van der Waals surface area contributed by atoms with Crippen molar-refractivity contribution in [3.05, 3.63) is 56.0 Å². The van der Waals surface area contributed by atoms with Crippen molar-refractivity contribution in [3.63, 3.8) is 0 Å². The van der Waals surface area contributed by atoms with Gasteiger partial charge in [-0.25, -0.2) is 9.97 Å². The number of esters is 1. The molecule has 3 aromatic heterocycles. The van der Waals surface area contributed by atoms with Gasteiger partial charge in [0.05, 0.1) is 24.4 Å². The minimum absolute atomic E-state index is 0.121. The molecule has 0 aliphatic carbocycles. The second kappa shape index (κ2) is 8.11. The molecular weight excluding hydrogens is 426 g/mol. The average Bonchev–Trinajstić information content (AvgIpc) is 3.01. The topological polar surface area (TPSA) is 73.6 Å². The van der Waals surface area contributed by atoms with Crippen LogP contribution >= 0.6 is 39.0 Å². The van der Waals surface area contributed by atoms with Crippen molar-refractivity contribution in [1.29, 1.82) is 0 Å². The van der Waals surface area contributed by atoms with Crippen LogP contribution in [0.4, 0.5) is 0 Å². The van der Waals surface area contributed by atoms with Crippen molar-refractivity contribution in [2.45, 2.75) is 23.4 Å². The zero-order valence-corrected chi connectivity index (χ0v) is 16.5. The fourth-order valence-electron chi connectivity index (χ4n) is 2.13. The van der Waals surface area contributed by atoms with Crippen molar-refractivity contribution < 1.29 is 9.53 Å². The van der Waals surface area contributed by atoms with Gasteiger partial charge in [0.2, 0.25) is 0 Å². The number of ether oxygens (including phenoxy) is 1. The molecule has 0 saturated carbocycles. The predicted molar refractivity (Wildman–Crippen MR) is 101 cm³/mol. The zero-order chi connectivity index (χ0) is 17.8. The molecule has 0 unspecified atom stereocenters. The summed E-state index contributed by atoms with van der Waals surface area (Å²) in [5.74, 6) is 0.258. The van der Waals surface area contributed by atoms with Crippen LogP contribution in [0, 0.1) is 0 Å². The van der Waals surface area contributed by atoms with E-state index in [0.29, 0.717) is 29.4 Å². The van der Waals surface area contributed by atoms with Gasteiger partial charge in [-0.2, -0.15) is 0 Å². The maximum absolute atomic E-state index is 12.2. The summed E-state index contributed by atoms with van der Waals surface area (Å²) in [6.07, 6.45) is 1.87. The Kier molecular flexibility index (Phi) is 5.87. The Labute approximate surface area is 160 Å². The van der Waals surface area contributed by atoms with E-state index in [1.807, 2.05) is 11.4 Å². The van der Waals surface area contributed by atoms with Crippen molar-refractivity contribution in [1.82, 2.24) is 14.4 Å². The summed E-state index contributed by atoms with van der Waals surface area (Å²) < 4.78 is 8.07. The standard InChI is InChI=1S/C16H14BrN3O3S2/c1-2-23-15(22)6-12-9-25-16(19-12)24-8-11-5-14(21)20-7-10(17)3-4-13(20)18-11/h3-5,7,9H,2,6,8H2,1H3. The Morgan fingerprint density at radius 2 is 2.20 bits per heavy atom. The van der Waals surface area contributed by atoms with Gasteiger partial charge in [0, 0.05) is 27.9 Å². The molecule has 6 nitrogen and oxygen atoms in total. The van der Waals surface area contributed by atoms with Gasteiger partial charge in [-0.15, -0.1) is 11.3 Å². The molecule has 0 aliphatic rings. The number of carbonyl (C=O) groups excluding carboxylic acids is 1. The highest BCUT2D eigenvalue weighted by Gasteiger charge is 2.10. The number of thioether (sulfide) groups is 1. The van der Waals surface area contributed by atoms with E-state index in [1.165, 1.54) is 33.6 Å². The van der Waals surface area contributed by atoms with Crippen molar-refractivity contribution in [2.24, 2.45) is 0 Å². The number of rotatable bonds is 6. The molecule has 0 aliphatic heterocycles. The Balaban J connectivity index is 1.69. The van der Waals surface area contributed by atoms with Crippen LogP contribution in [0.2, 0.25) is 0 Å². The van der Waals surface area contributed by atoms with Crippen LogP contribution in [0.3, 0.4) is 0 Å². The van der Waals surface area contributed by atoms with Crippen LogP contribution in [0.15, 0.2) is 43.4 Å². The van der Waals surface area contributed by atoms with Crippen LogP contribution in [-0.4, -0.2) is 26.9 Å². The average molecular weight is 440 g/mol. The highest BCUT2D eigenvalue weighted by molar-refractivity contribution is 9.10. The first-order chi connectivity index (χ1) is 12.0. The second-order valence-electron chi connectivity index (χ2n) is 5.04. The predicted octanol–water partition coefficient (Wildman–Crippen LogP) is 3.31. The Morgan fingerprint density at radius 1 is 1.36 bits per heavy atom. The molecule has 3 aromatic rings. The SMILES string of the molecule is CCOC(=O)Cc1csc(SCc2cc(=O)n3cc(Br)ccc3n2)n1. The number of aromatic nitrogens is 3. The molecule has 0 radical (unpaired) electrons. The first kappa shape index (κ1) is 18.1. The van der Waals surface area contributed by atoms with Crippen LogP contribution in [-0.2, 0) is 21.7 Å². The summed E-state index contributed by atoms with van der Waals surface area (Å²) in [5, 5.41) is 1.85. The van der Waals surface area contributed by atoms with E-state index in [4.69, 9.17) is 4.74 Å². The summed E-state index contributed by atoms with van der Waals surface area (Å²) >= 11 is 6.30. The molecular formula is C16H14BrN3O3S2. The molecule has 3 rings (SSSR count). The molecule has 0 atom stereocenters. The van der Waals surface area contributed by atoms with Crippen LogP contribution in [0.5, 0.6) is 0 Å². The van der Waals surface area contributed by atoms with Gasteiger partial charge >= 0.3 is 5.97 Å². The lowest BCUT2D eigenvalue weighted by Crippen LogP contribution is -2.15. The van der Waals surface area contributed by atoms with E-state index in [2.05, 4.69) is 25.9 Å². The molecule has 0 fully saturated rings. The van der Waals surface area contributed by atoms with Gasteiger partial charge in [0.15, 0.2) is 4.34 Å². The van der Waals surface area contributed by atoms with Crippen LogP contribution in [0.25, 0.3) is 5.65 Å². The minimum Gasteiger partial charge on any atom is -0.466 e. The summed E-state index contributed by atoms with van der Waals surface area (Å²) in [7, 11) is 0. The van der Waals surface area contributed by atoms with Gasteiger partial charge < -0.3 is 4.74 Å². The smallest absolute Gasteiger partial charge is 0.311 e. The maximum Gasteiger partial charge on any atom is 0.311 e. The first-order valence-corrected chi connectivity index (χ1v) is 10.1. The van der Waals surface area contributed by atoms with Gasteiger partial charge in [-0.05, 0) is 35.0 Å². The second-order valence-corrected chi connectivity index (χ2v) is 8.03. The van der Waals surface area contributed by atoms with Gasteiger partial charge in [0.1, 0.15) is 5.65 Å². The lowest BCUT2D eigenvalue weighted by atomic mass is 10.3. The van der Waals surface area contributed by atoms with Gasteiger partial charge in [-0.3, -0.25) is 14.0 Å². The number of halogens is 1. The number of pyridine rings is 1. The molecule has 0 N–H and O–H groups in total. The minimum atomic E-state index is -0.278. The quantitative estimate of drug-likeness (QED) is 0.433. The van der Waals surface area contributed by atoms with Crippen molar-refractivity contribution in [2.75, 3.05) is 6.61 Å². The molecule has 9 heteroatoms. The first-order valence-electron chi connectivity index (χ1n) is 7.46. The Morgan fingerprint density at radius 3 is 3.00 bits per heavy atom. The summed E-state index contributed by atoms with van der Waals surface area (Å²) in [4.78, 5) is 32.6. The third kappa shape index (κ3) is 4.68. The Hall–Kier alpha value is -1.71. The molecule has 3 heterocycles. The van der Waals surface area contributed by atoms with E-state index >= 15 is 0 Å². The number of nitrogens with zero attached hydrogens (tertiary/aromatic N) is 3. The largest absolute Gasteiger partial charge is 0.466 e. The van der Waals surface area contributed by atoms with E-state index in [-0.39, 0.29) is 17.9 Å². The lowest BCUT2D eigenvalue weighted by molar-refractivity contribution is -0.142. The zero-order valence-electron chi connectivity index (χ0n) is 13.3. The molecule has 0 spiro atoms. The van der Waals surface area contributed by atoms with Gasteiger partial charge in [0.25, 0.3) is 5.56 Å². The number of carbonyl (C=O) groups is 1. The van der Waals surface area contributed by atoms with Gasteiger partial charge in [-0.1, -0.05) is 11.8 Å². The van der Waals surface area contributed by atoms with E-state index in [0.717, 1.165) is 8.81 Å².